The van der Waals surface area contributed by atoms with Crippen LogP contribution in [0.5, 0.6) is 0 Å². The number of likely N-dealkylation sites (tertiary alicyclic amines) is 1. The molecule has 3 saturated heterocycles. The number of imide groups is 1. The summed E-state index contributed by atoms with van der Waals surface area (Å²) >= 11 is 0. The molecule has 2 unspecified atom stereocenters. The number of likely N-dealkylation sites (N-methyl/N-ethyl adjacent to an activating group) is 1. The summed E-state index contributed by atoms with van der Waals surface area (Å²) in [4.78, 5) is 32.0. The molecule has 0 saturated carbocycles. The molecule has 174 valence electrons. The van der Waals surface area contributed by atoms with E-state index in [-0.39, 0.29) is 18.0 Å². The first-order chi connectivity index (χ1) is 16.1. The number of carbonyl (C=O) groups excluding carboxylic acids is 2. The largest absolute Gasteiger partial charge is 0.327 e. The third-order valence-electron chi connectivity index (χ3n) is 7.70. The average Bonchev–Trinajstić information content (AvgIpc) is 3.39. The lowest BCUT2D eigenvalue weighted by Gasteiger charge is -2.41. The van der Waals surface area contributed by atoms with Gasteiger partial charge in [-0.25, -0.2) is 10.2 Å². The highest BCUT2D eigenvalue weighted by Gasteiger charge is 2.56. The Kier molecular flexibility index (Phi) is 6.19. The Morgan fingerprint density at radius 1 is 0.970 bits per heavy atom. The number of benzene rings is 2. The van der Waals surface area contributed by atoms with Gasteiger partial charge in [-0.3, -0.25) is 15.1 Å². The van der Waals surface area contributed by atoms with Crippen molar-refractivity contribution < 1.29 is 9.59 Å². The van der Waals surface area contributed by atoms with Crippen LogP contribution in [-0.4, -0.2) is 71.9 Å². The van der Waals surface area contributed by atoms with Crippen molar-refractivity contribution in [1.82, 2.24) is 25.6 Å². The number of nitrogens with one attached hydrogen (secondary N) is 2. The van der Waals surface area contributed by atoms with Crippen LogP contribution in [0, 0.1) is 5.92 Å². The van der Waals surface area contributed by atoms with Crippen molar-refractivity contribution in [2.24, 2.45) is 5.92 Å². The first-order valence-corrected chi connectivity index (χ1v) is 12.0. The van der Waals surface area contributed by atoms with Gasteiger partial charge in [0.25, 0.3) is 5.91 Å². The van der Waals surface area contributed by atoms with Crippen molar-refractivity contribution in [2.75, 3.05) is 39.8 Å². The monoisotopic (exact) mass is 447 g/mol. The molecule has 0 aromatic heterocycles. The van der Waals surface area contributed by atoms with E-state index in [9.17, 15) is 9.59 Å². The number of nitrogens with zero attached hydrogens (tertiary/aromatic N) is 3. The molecule has 2 N–H and O–H groups in total. The molecule has 3 fully saturated rings. The van der Waals surface area contributed by atoms with E-state index < -0.39 is 5.54 Å². The van der Waals surface area contributed by atoms with Gasteiger partial charge in [0.2, 0.25) is 0 Å². The van der Waals surface area contributed by atoms with E-state index in [1.807, 2.05) is 36.4 Å². The molecule has 0 bridgehead atoms. The van der Waals surface area contributed by atoms with E-state index >= 15 is 0 Å². The molecule has 1 spiro atoms. The maximum Gasteiger partial charge on any atom is 0.327 e. The van der Waals surface area contributed by atoms with E-state index in [4.69, 9.17) is 0 Å². The van der Waals surface area contributed by atoms with Crippen LogP contribution in [-0.2, 0) is 11.2 Å². The Labute approximate surface area is 195 Å². The number of carbonyl (C=O) groups is 2. The van der Waals surface area contributed by atoms with Gasteiger partial charge >= 0.3 is 6.03 Å². The molecule has 3 aliphatic rings. The molecule has 2 aromatic carbocycles. The second-order valence-corrected chi connectivity index (χ2v) is 9.54. The summed E-state index contributed by atoms with van der Waals surface area (Å²) in [6.45, 7) is 3.99. The van der Waals surface area contributed by atoms with Gasteiger partial charge in [-0.2, -0.15) is 0 Å². The Hall–Kier alpha value is -2.74. The lowest BCUT2D eigenvalue weighted by atomic mass is 9.85. The molecule has 3 amide bonds. The van der Waals surface area contributed by atoms with Crippen molar-refractivity contribution in [3.05, 3.63) is 71.8 Å². The average molecular weight is 448 g/mol. The van der Waals surface area contributed by atoms with Crippen LogP contribution in [0.1, 0.15) is 30.0 Å². The minimum absolute atomic E-state index is 0.0167. The smallest absolute Gasteiger partial charge is 0.312 e. The molecule has 3 aliphatic heterocycles. The first kappa shape index (κ1) is 22.1. The minimum atomic E-state index is -0.685. The van der Waals surface area contributed by atoms with Gasteiger partial charge in [0, 0.05) is 45.7 Å². The molecular weight excluding hydrogens is 414 g/mol. The van der Waals surface area contributed by atoms with Crippen LogP contribution in [0.4, 0.5) is 4.79 Å². The quantitative estimate of drug-likeness (QED) is 0.666. The van der Waals surface area contributed by atoms with Crippen LogP contribution in [0.15, 0.2) is 60.7 Å². The van der Waals surface area contributed by atoms with Crippen molar-refractivity contribution in [2.45, 2.75) is 30.8 Å². The minimum Gasteiger partial charge on any atom is -0.312 e. The van der Waals surface area contributed by atoms with E-state index in [2.05, 4.69) is 40.0 Å². The van der Waals surface area contributed by atoms with Crippen LogP contribution < -0.4 is 10.9 Å². The topological polar surface area (TPSA) is 67.9 Å². The van der Waals surface area contributed by atoms with E-state index in [1.54, 1.807) is 11.9 Å². The molecule has 33 heavy (non-hydrogen) atoms. The third kappa shape index (κ3) is 4.16. The first-order valence-electron chi connectivity index (χ1n) is 12.0. The fourth-order valence-corrected chi connectivity index (χ4v) is 5.64. The zero-order valence-electron chi connectivity index (χ0n) is 19.2. The molecule has 2 aromatic rings. The Balaban J connectivity index is 1.20. The Morgan fingerprint density at radius 3 is 2.33 bits per heavy atom. The van der Waals surface area contributed by atoms with Crippen molar-refractivity contribution in [3.63, 3.8) is 0 Å². The second kappa shape index (κ2) is 9.25. The van der Waals surface area contributed by atoms with Gasteiger partial charge in [0.1, 0.15) is 5.54 Å². The summed E-state index contributed by atoms with van der Waals surface area (Å²) in [5, 5.41) is 0. The Morgan fingerprint density at radius 2 is 1.64 bits per heavy atom. The highest BCUT2D eigenvalue weighted by Crippen LogP contribution is 2.37. The zero-order chi connectivity index (χ0) is 22.8. The van der Waals surface area contributed by atoms with E-state index in [0.29, 0.717) is 31.7 Å². The highest BCUT2D eigenvalue weighted by atomic mass is 16.2. The molecule has 0 aliphatic carbocycles. The summed E-state index contributed by atoms with van der Waals surface area (Å²) in [5.74, 6) is 0.444. The van der Waals surface area contributed by atoms with E-state index in [1.165, 1.54) is 10.5 Å². The lowest BCUT2D eigenvalue weighted by Crippen LogP contribution is -2.56. The molecule has 3 heterocycles. The predicted octanol–water partition coefficient (Wildman–Crippen LogP) is 2.42. The fraction of sp³-hybridized carbons (Fsp3) is 0.462. The molecule has 7 heteroatoms. The number of hydrogen-bond donors (Lipinski definition) is 2. The zero-order valence-corrected chi connectivity index (χ0v) is 19.2. The van der Waals surface area contributed by atoms with Gasteiger partial charge in [0.05, 0.1) is 6.04 Å². The number of amides is 3. The number of hydrogen-bond acceptors (Lipinski definition) is 5. The van der Waals surface area contributed by atoms with Crippen LogP contribution >= 0.6 is 0 Å². The van der Waals surface area contributed by atoms with Crippen molar-refractivity contribution >= 4 is 11.9 Å². The third-order valence-corrected chi connectivity index (χ3v) is 7.70. The van der Waals surface area contributed by atoms with Gasteiger partial charge in [-0.15, -0.1) is 0 Å². The maximum absolute atomic E-state index is 13.4. The standard InChI is InChI=1S/C26H33N5O2/c1-29-25(33)31(15-12-20-8-4-2-5-9-20)24(32)26(29)13-16-30(17-14-26)19-22-18-27-28-23(22)21-10-6-3-7-11-21/h2-11,22-23,27-28H,12-19H2,1H3. The highest BCUT2D eigenvalue weighted by molar-refractivity contribution is 6.07. The summed E-state index contributed by atoms with van der Waals surface area (Å²) in [6, 6.07) is 20.7. The summed E-state index contributed by atoms with van der Waals surface area (Å²) in [5.41, 5.74) is 8.50. The number of urea groups is 1. The molecule has 0 radical (unpaired) electrons. The van der Waals surface area contributed by atoms with Gasteiger partial charge < -0.3 is 9.80 Å². The molecular formula is C26H33N5O2. The number of piperidine rings is 1. The SMILES string of the molecule is CN1C(=O)N(CCc2ccccc2)C(=O)C12CCN(CC1CNNC1c1ccccc1)CC2. The molecule has 7 nitrogen and oxygen atoms in total. The second-order valence-electron chi connectivity index (χ2n) is 9.54. The number of rotatable bonds is 6. The number of hydrazine groups is 1. The van der Waals surface area contributed by atoms with Gasteiger partial charge in [0.15, 0.2) is 0 Å². The van der Waals surface area contributed by atoms with Gasteiger partial charge in [-0.05, 0) is 30.4 Å². The van der Waals surface area contributed by atoms with Crippen LogP contribution in [0.2, 0.25) is 0 Å². The lowest BCUT2D eigenvalue weighted by molar-refractivity contribution is -0.135. The van der Waals surface area contributed by atoms with Crippen molar-refractivity contribution in [1.29, 1.82) is 0 Å². The van der Waals surface area contributed by atoms with Crippen LogP contribution in [0.25, 0.3) is 0 Å². The summed E-state index contributed by atoms with van der Waals surface area (Å²) < 4.78 is 0. The normalized spacial score (nSPS) is 25.4. The van der Waals surface area contributed by atoms with E-state index in [0.717, 1.165) is 31.7 Å². The predicted molar refractivity (Wildman–Crippen MR) is 127 cm³/mol. The summed E-state index contributed by atoms with van der Waals surface area (Å²) in [6.07, 6.45) is 2.08. The fourth-order valence-electron chi connectivity index (χ4n) is 5.64. The maximum atomic E-state index is 13.4. The summed E-state index contributed by atoms with van der Waals surface area (Å²) in [7, 11) is 1.80. The Bertz CT molecular complexity index is 975. The van der Waals surface area contributed by atoms with Gasteiger partial charge in [-0.1, -0.05) is 60.7 Å². The molecule has 2 atom stereocenters. The van der Waals surface area contributed by atoms with Crippen molar-refractivity contribution in [3.8, 4) is 0 Å². The molecule has 5 rings (SSSR count). The van der Waals surface area contributed by atoms with Crippen LogP contribution in [0.3, 0.4) is 0 Å².